The summed E-state index contributed by atoms with van der Waals surface area (Å²) in [6.07, 6.45) is 0. The molecule has 0 fully saturated rings. The zero-order valence-electron chi connectivity index (χ0n) is 12.6. The topological polar surface area (TPSA) is 91.1 Å². The average molecular weight is 296 g/mol. The predicted octanol–water partition coefficient (Wildman–Crippen LogP) is 0.921. The SMILES string of the molecule is CCN(CC(=O)OC)C(=O)c1cc(OC)c(OC)cc1N. The van der Waals surface area contributed by atoms with Crippen molar-refractivity contribution in [1.29, 1.82) is 0 Å². The summed E-state index contributed by atoms with van der Waals surface area (Å²) in [6, 6.07) is 3.01. The first-order valence-electron chi connectivity index (χ1n) is 6.36. The average Bonchev–Trinajstić information content (AvgIpc) is 2.51. The van der Waals surface area contributed by atoms with E-state index in [1.165, 1.54) is 38.4 Å². The molecule has 0 saturated heterocycles. The number of methoxy groups -OCH3 is 3. The molecule has 1 rings (SSSR count). The van der Waals surface area contributed by atoms with Gasteiger partial charge in [0.05, 0.1) is 26.9 Å². The Morgan fingerprint density at radius 1 is 1.14 bits per heavy atom. The molecule has 0 aromatic heterocycles. The number of hydrogen-bond acceptors (Lipinski definition) is 6. The summed E-state index contributed by atoms with van der Waals surface area (Å²) in [5.41, 5.74) is 6.38. The summed E-state index contributed by atoms with van der Waals surface area (Å²) in [6.45, 7) is 1.97. The molecule has 0 saturated carbocycles. The molecular formula is C14H20N2O5. The zero-order chi connectivity index (χ0) is 16.0. The largest absolute Gasteiger partial charge is 0.493 e. The van der Waals surface area contributed by atoms with Gasteiger partial charge >= 0.3 is 5.97 Å². The highest BCUT2D eigenvalue weighted by molar-refractivity contribution is 6.01. The number of nitrogens with two attached hydrogens (primary N) is 1. The minimum atomic E-state index is -0.496. The van der Waals surface area contributed by atoms with Gasteiger partial charge in [0.25, 0.3) is 5.91 Å². The molecule has 21 heavy (non-hydrogen) atoms. The molecule has 116 valence electrons. The van der Waals surface area contributed by atoms with E-state index in [4.69, 9.17) is 15.2 Å². The van der Waals surface area contributed by atoms with Gasteiger partial charge in [-0.25, -0.2) is 0 Å². The number of ether oxygens (including phenoxy) is 3. The summed E-state index contributed by atoms with van der Waals surface area (Å²) < 4.78 is 14.8. The van der Waals surface area contributed by atoms with Gasteiger partial charge in [-0.2, -0.15) is 0 Å². The lowest BCUT2D eigenvalue weighted by atomic mass is 10.1. The van der Waals surface area contributed by atoms with Crippen molar-refractivity contribution in [3.63, 3.8) is 0 Å². The second-order valence-corrected chi connectivity index (χ2v) is 4.19. The van der Waals surface area contributed by atoms with Gasteiger partial charge in [-0.1, -0.05) is 0 Å². The van der Waals surface area contributed by atoms with E-state index < -0.39 is 5.97 Å². The molecule has 0 heterocycles. The Morgan fingerprint density at radius 2 is 1.71 bits per heavy atom. The van der Waals surface area contributed by atoms with Gasteiger partial charge in [0.2, 0.25) is 0 Å². The fraction of sp³-hybridized carbons (Fsp3) is 0.429. The smallest absolute Gasteiger partial charge is 0.325 e. The van der Waals surface area contributed by atoms with E-state index in [2.05, 4.69) is 4.74 Å². The first-order valence-corrected chi connectivity index (χ1v) is 6.36. The van der Waals surface area contributed by atoms with Crippen LogP contribution in [0.5, 0.6) is 11.5 Å². The number of likely N-dealkylation sites (N-methyl/N-ethyl adjacent to an activating group) is 1. The van der Waals surface area contributed by atoms with E-state index in [1.54, 1.807) is 6.92 Å². The maximum Gasteiger partial charge on any atom is 0.325 e. The molecule has 1 amide bonds. The van der Waals surface area contributed by atoms with Gasteiger partial charge < -0.3 is 24.8 Å². The van der Waals surface area contributed by atoms with Crippen molar-refractivity contribution in [2.24, 2.45) is 0 Å². The fourth-order valence-corrected chi connectivity index (χ4v) is 1.80. The first-order chi connectivity index (χ1) is 9.98. The zero-order valence-corrected chi connectivity index (χ0v) is 12.6. The molecule has 0 radical (unpaired) electrons. The lowest BCUT2D eigenvalue weighted by Crippen LogP contribution is -2.36. The minimum absolute atomic E-state index is 0.139. The quantitative estimate of drug-likeness (QED) is 0.620. The number of esters is 1. The number of benzene rings is 1. The van der Waals surface area contributed by atoms with Crippen LogP contribution in [0, 0.1) is 0 Å². The van der Waals surface area contributed by atoms with Crippen molar-refractivity contribution in [3.05, 3.63) is 17.7 Å². The number of nitrogen functional groups attached to an aromatic ring is 1. The van der Waals surface area contributed by atoms with Gasteiger partial charge in [0.15, 0.2) is 11.5 Å². The molecule has 1 aromatic carbocycles. The number of rotatable bonds is 6. The Balaban J connectivity index is 3.13. The molecule has 0 atom stereocenters. The van der Waals surface area contributed by atoms with E-state index in [9.17, 15) is 9.59 Å². The molecule has 0 bridgehead atoms. The summed E-state index contributed by atoms with van der Waals surface area (Å²) in [7, 11) is 4.22. The lowest BCUT2D eigenvalue weighted by molar-refractivity contribution is -0.141. The fourth-order valence-electron chi connectivity index (χ4n) is 1.80. The highest BCUT2D eigenvalue weighted by Crippen LogP contribution is 2.32. The van der Waals surface area contributed by atoms with Gasteiger partial charge in [0.1, 0.15) is 6.54 Å². The van der Waals surface area contributed by atoms with Gasteiger partial charge in [0, 0.05) is 18.3 Å². The molecule has 2 N–H and O–H groups in total. The summed E-state index contributed by atoms with van der Waals surface area (Å²) in [5, 5.41) is 0. The van der Waals surface area contributed by atoms with Crippen molar-refractivity contribution < 1.29 is 23.8 Å². The Labute approximate surface area is 123 Å². The Kier molecular flexibility index (Phi) is 5.83. The summed E-state index contributed by atoms with van der Waals surface area (Å²) >= 11 is 0. The van der Waals surface area contributed by atoms with Crippen LogP contribution in [0.15, 0.2) is 12.1 Å². The molecular weight excluding hydrogens is 276 g/mol. The van der Waals surface area contributed by atoms with Crippen molar-refractivity contribution in [3.8, 4) is 11.5 Å². The number of carbonyl (C=O) groups excluding carboxylic acids is 2. The molecule has 0 unspecified atom stereocenters. The maximum atomic E-state index is 12.5. The van der Waals surface area contributed by atoms with Crippen LogP contribution in [0.25, 0.3) is 0 Å². The maximum absolute atomic E-state index is 12.5. The Morgan fingerprint density at radius 3 is 2.19 bits per heavy atom. The Bertz CT molecular complexity index is 530. The van der Waals surface area contributed by atoms with Crippen LogP contribution in [-0.2, 0) is 9.53 Å². The third-order valence-electron chi connectivity index (χ3n) is 3.00. The lowest BCUT2D eigenvalue weighted by Gasteiger charge is -2.21. The van der Waals surface area contributed by atoms with E-state index >= 15 is 0 Å². The number of amides is 1. The van der Waals surface area contributed by atoms with Crippen LogP contribution in [0.2, 0.25) is 0 Å². The third-order valence-corrected chi connectivity index (χ3v) is 3.00. The number of carbonyl (C=O) groups is 2. The number of nitrogens with zero attached hydrogens (tertiary/aromatic N) is 1. The highest BCUT2D eigenvalue weighted by atomic mass is 16.5. The van der Waals surface area contributed by atoms with Crippen molar-refractivity contribution in [2.45, 2.75) is 6.92 Å². The van der Waals surface area contributed by atoms with E-state index in [0.717, 1.165) is 0 Å². The monoisotopic (exact) mass is 296 g/mol. The third kappa shape index (κ3) is 3.77. The molecule has 0 aliphatic rings. The van der Waals surface area contributed by atoms with Crippen molar-refractivity contribution >= 4 is 17.6 Å². The Hall–Kier alpha value is -2.44. The molecule has 7 nitrogen and oxygen atoms in total. The molecule has 7 heteroatoms. The highest BCUT2D eigenvalue weighted by Gasteiger charge is 2.22. The van der Waals surface area contributed by atoms with Gasteiger partial charge in [-0.3, -0.25) is 9.59 Å². The standard InChI is InChI=1S/C14H20N2O5/c1-5-16(8-13(17)21-4)14(18)9-6-11(19-2)12(20-3)7-10(9)15/h6-7H,5,8,15H2,1-4H3. The summed E-state index contributed by atoms with van der Waals surface area (Å²) in [5.74, 6) is -0.0441. The van der Waals surface area contributed by atoms with Crippen molar-refractivity contribution in [2.75, 3.05) is 40.2 Å². The van der Waals surface area contributed by atoms with Crippen LogP contribution in [0.3, 0.4) is 0 Å². The minimum Gasteiger partial charge on any atom is -0.493 e. The van der Waals surface area contributed by atoms with Gasteiger partial charge in [-0.15, -0.1) is 0 Å². The van der Waals surface area contributed by atoms with E-state index in [1.807, 2.05) is 0 Å². The summed E-state index contributed by atoms with van der Waals surface area (Å²) in [4.78, 5) is 25.1. The van der Waals surface area contributed by atoms with Crippen LogP contribution >= 0.6 is 0 Å². The van der Waals surface area contributed by atoms with Crippen molar-refractivity contribution in [1.82, 2.24) is 4.90 Å². The normalized spacial score (nSPS) is 9.90. The predicted molar refractivity (Wildman–Crippen MR) is 77.6 cm³/mol. The first kappa shape index (κ1) is 16.6. The second-order valence-electron chi connectivity index (χ2n) is 4.19. The van der Waals surface area contributed by atoms with Gasteiger partial charge in [-0.05, 0) is 13.0 Å². The van der Waals surface area contributed by atoms with E-state index in [0.29, 0.717) is 18.0 Å². The molecule has 0 aliphatic heterocycles. The molecule has 0 aliphatic carbocycles. The van der Waals surface area contributed by atoms with E-state index in [-0.39, 0.29) is 23.7 Å². The van der Waals surface area contributed by atoms with Crippen LogP contribution in [0.4, 0.5) is 5.69 Å². The van der Waals surface area contributed by atoms with Crippen LogP contribution in [-0.4, -0.2) is 51.2 Å². The van der Waals surface area contributed by atoms with Crippen LogP contribution < -0.4 is 15.2 Å². The molecule has 1 aromatic rings. The second kappa shape index (κ2) is 7.37. The number of hydrogen-bond donors (Lipinski definition) is 1. The molecule has 0 spiro atoms. The van der Waals surface area contributed by atoms with Crippen LogP contribution in [0.1, 0.15) is 17.3 Å². The number of anilines is 1.